The zero-order chi connectivity index (χ0) is 21.1. The molecule has 3 N–H and O–H groups in total. The lowest BCUT2D eigenvalue weighted by Gasteiger charge is -2.10. The van der Waals surface area contributed by atoms with Gasteiger partial charge in [-0.3, -0.25) is 9.59 Å². The zero-order valence-electron chi connectivity index (χ0n) is 15.8. The molecule has 2 aliphatic heterocycles. The van der Waals surface area contributed by atoms with E-state index in [0.29, 0.717) is 39.4 Å². The molecule has 2 heterocycles. The summed E-state index contributed by atoms with van der Waals surface area (Å²) in [7, 11) is 1.49. The number of ether oxygens (including phenoxy) is 4. The number of amides is 2. The van der Waals surface area contributed by atoms with Crippen LogP contribution in [0.3, 0.4) is 0 Å². The smallest absolute Gasteiger partial charge is 0.289 e. The number of benzene rings is 2. The first kappa shape index (κ1) is 19.6. The third-order valence-corrected chi connectivity index (χ3v) is 4.93. The first-order valence-electron chi connectivity index (χ1n) is 8.80. The van der Waals surface area contributed by atoms with Crippen LogP contribution in [-0.4, -0.2) is 37.5 Å². The van der Waals surface area contributed by atoms with Gasteiger partial charge in [0, 0.05) is 6.07 Å². The number of hydrogen-bond acceptors (Lipinski definition) is 8. The van der Waals surface area contributed by atoms with E-state index in [1.807, 2.05) is 0 Å². The highest BCUT2D eigenvalue weighted by Crippen LogP contribution is 2.37. The lowest BCUT2D eigenvalue weighted by atomic mass is 10.2. The Balaban J connectivity index is 1.61. The van der Waals surface area contributed by atoms with Crippen LogP contribution in [0.4, 0.5) is 10.5 Å². The average Bonchev–Trinajstić information content (AvgIpc) is 3.32. The predicted octanol–water partition coefficient (Wildman–Crippen LogP) is 2.82. The molecule has 0 radical (unpaired) electrons. The van der Waals surface area contributed by atoms with Crippen LogP contribution < -0.4 is 30.0 Å². The monoisotopic (exact) mass is 427 g/mol. The van der Waals surface area contributed by atoms with E-state index in [2.05, 4.69) is 10.3 Å². The molecule has 2 aromatic rings. The van der Waals surface area contributed by atoms with Crippen molar-refractivity contribution >= 4 is 40.5 Å². The van der Waals surface area contributed by atoms with E-state index in [9.17, 15) is 9.59 Å². The molecular weight excluding hydrogens is 410 g/mol. The van der Waals surface area contributed by atoms with Crippen LogP contribution in [0.25, 0.3) is 6.08 Å². The summed E-state index contributed by atoms with van der Waals surface area (Å²) >= 11 is 1.04. The van der Waals surface area contributed by atoms with Gasteiger partial charge in [0.15, 0.2) is 29.6 Å². The van der Waals surface area contributed by atoms with Gasteiger partial charge in [0.1, 0.15) is 5.84 Å². The molecule has 0 saturated carbocycles. The Hall–Kier alpha value is -3.66. The summed E-state index contributed by atoms with van der Waals surface area (Å²) in [5.41, 5.74) is 6.49. The predicted molar refractivity (Wildman–Crippen MR) is 111 cm³/mol. The zero-order valence-corrected chi connectivity index (χ0v) is 16.7. The number of thioether (sulfide) groups is 1. The molecule has 4 rings (SSSR count). The Bertz CT molecular complexity index is 1080. The number of fused-ring (bicyclic) bond motifs is 1. The maximum Gasteiger partial charge on any atom is 0.289 e. The van der Waals surface area contributed by atoms with Gasteiger partial charge in [0.05, 0.1) is 17.7 Å². The molecule has 154 valence electrons. The number of carbonyl (C=O) groups excluding carboxylic acids is 2. The van der Waals surface area contributed by atoms with Gasteiger partial charge in [-0.1, -0.05) is 6.07 Å². The molecule has 2 amide bonds. The van der Waals surface area contributed by atoms with Crippen LogP contribution in [0.1, 0.15) is 5.56 Å². The van der Waals surface area contributed by atoms with E-state index in [1.165, 1.54) is 7.11 Å². The van der Waals surface area contributed by atoms with Crippen LogP contribution in [0.2, 0.25) is 0 Å². The van der Waals surface area contributed by atoms with Crippen LogP contribution >= 0.6 is 11.8 Å². The second-order valence-corrected chi connectivity index (χ2v) is 7.20. The summed E-state index contributed by atoms with van der Waals surface area (Å²) in [6.07, 6.45) is 1.80. The number of nitrogens with zero attached hydrogens (tertiary/aromatic N) is 1. The van der Waals surface area contributed by atoms with Crippen LogP contribution in [0.15, 0.2) is 46.3 Å². The van der Waals surface area contributed by atoms with Crippen molar-refractivity contribution in [2.24, 2.45) is 10.7 Å². The average molecular weight is 427 g/mol. The largest absolute Gasteiger partial charge is 0.493 e. The molecule has 1 fully saturated rings. The minimum absolute atomic E-state index is 0.175. The number of nitrogens with one attached hydrogen (secondary N) is 1. The van der Waals surface area contributed by atoms with Crippen molar-refractivity contribution in [2.75, 3.05) is 20.5 Å². The normalized spacial score (nSPS) is 17.3. The summed E-state index contributed by atoms with van der Waals surface area (Å²) in [6, 6.07) is 10.5. The molecular formula is C20H17N3O6S. The van der Waals surface area contributed by atoms with Gasteiger partial charge in [0.25, 0.3) is 11.1 Å². The molecule has 0 atom stereocenters. The third kappa shape index (κ3) is 4.33. The molecule has 0 bridgehead atoms. The SMILES string of the molecule is COc1cc(/C=C2\SC(=O)NC2=Nc2ccc3c(c2)OCO3)ccc1OCC(N)=O. The van der Waals surface area contributed by atoms with Crippen molar-refractivity contribution in [1.29, 1.82) is 0 Å². The minimum Gasteiger partial charge on any atom is -0.493 e. The molecule has 30 heavy (non-hydrogen) atoms. The number of nitrogens with two attached hydrogens (primary N) is 1. The molecule has 0 unspecified atom stereocenters. The topological polar surface area (TPSA) is 121 Å². The Morgan fingerprint density at radius 3 is 2.87 bits per heavy atom. The van der Waals surface area contributed by atoms with E-state index < -0.39 is 5.91 Å². The minimum atomic E-state index is -0.584. The second kappa shape index (κ2) is 8.37. The van der Waals surface area contributed by atoms with Crippen molar-refractivity contribution in [1.82, 2.24) is 5.32 Å². The molecule has 2 aliphatic rings. The lowest BCUT2D eigenvalue weighted by Crippen LogP contribution is -2.20. The van der Waals surface area contributed by atoms with Crippen molar-refractivity contribution in [3.8, 4) is 23.0 Å². The van der Waals surface area contributed by atoms with Gasteiger partial charge in [0.2, 0.25) is 6.79 Å². The number of hydrogen-bond donors (Lipinski definition) is 2. The summed E-state index contributed by atoms with van der Waals surface area (Å²) < 4.78 is 21.3. The van der Waals surface area contributed by atoms with Gasteiger partial charge in [-0.25, -0.2) is 4.99 Å². The van der Waals surface area contributed by atoms with Crippen LogP contribution in [0, 0.1) is 0 Å². The van der Waals surface area contributed by atoms with Crippen LogP contribution in [0.5, 0.6) is 23.0 Å². The van der Waals surface area contributed by atoms with Crippen molar-refractivity contribution in [3.05, 3.63) is 46.9 Å². The highest BCUT2D eigenvalue weighted by atomic mass is 32.2. The van der Waals surface area contributed by atoms with E-state index in [0.717, 1.165) is 17.3 Å². The summed E-state index contributed by atoms with van der Waals surface area (Å²) in [6.45, 7) is -0.0779. The molecule has 0 aliphatic carbocycles. The number of aliphatic imine (C=N–C) groups is 1. The van der Waals surface area contributed by atoms with E-state index in [4.69, 9.17) is 24.7 Å². The Morgan fingerprint density at radius 1 is 1.23 bits per heavy atom. The van der Waals surface area contributed by atoms with Gasteiger partial charge in [-0.05, 0) is 47.7 Å². The maximum absolute atomic E-state index is 12.0. The maximum atomic E-state index is 12.0. The highest BCUT2D eigenvalue weighted by Gasteiger charge is 2.24. The summed E-state index contributed by atoms with van der Waals surface area (Å²) in [5.74, 6) is 1.93. The van der Waals surface area contributed by atoms with Crippen molar-refractivity contribution in [2.45, 2.75) is 0 Å². The number of amidine groups is 1. The quantitative estimate of drug-likeness (QED) is 0.727. The first-order chi connectivity index (χ1) is 14.5. The standard InChI is InChI=1S/C20H17N3O6S/c1-26-15-6-11(2-4-13(15)27-9-18(21)24)7-17-19(23-20(25)30-17)22-12-3-5-14-16(8-12)29-10-28-14/h2-8H,9-10H2,1H3,(H2,21,24)(H,22,23,25)/b17-7-. The number of primary amides is 1. The van der Waals surface area contributed by atoms with E-state index in [1.54, 1.807) is 42.5 Å². The molecule has 2 aromatic carbocycles. The third-order valence-electron chi connectivity index (χ3n) is 4.11. The van der Waals surface area contributed by atoms with Gasteiger partial charge >= 0.3 is 0 Å². The number of carbonyl (C=O) groups is 2. The van der Waals surface area contributed by atoms with Crippen molar-refractivity contribution < 1.29 is 28.5 Å². The van der Waals surface area contributed by atoms with E-state index in [-0.39, 0.29) is 18.6 Å². The fourth-order valence-electron chi connectivity index (χ4n) is 2.79. The van der Waals surface area contributed by atoms with Crippen LogP contribution in [-0.2, 0) is 4.79 Å². The molecule has 1 saturated heterocycles. The fraction of sp³-hybridized carbons (Fsp3) is 0.150. The number of rotatable bonds is 6. The highest BCUT2D eigenvalue weighted by molar-refractivity contribution is 8.18. The number of methoxy groups -OCH3 is 1. The molecule has 9 nitrogen and oxygen atoms in total. The first-order valence-corrected chi connectivity index (χ1v) is 9.62. The van der Waals surface area contributed by atoms with E-state index >= 15 is 0 Å². The Kier molecular flexibility index (Phi) is 5.48. The van der Waals surface area contributed by atoms with Gasteiger partial charge in [-0.15, -0.1) is 0 Å². The summed E-state index contributed by atoms with van der Waals surface area (Å²) in [5, 5.41) is 2.51. The fourth-order valence-corrected chi connectivity index (χ4v) is 3.53. The molecule has 0 spiro atoms. The van der Waals surface area contributed by atoms with Crippen molar-refractivity contribution in [3.63, 3.8) is 0 Å². The Labute approximate surface area is 175 Å². The molecule has 0 aromatic heterocycles. The summed E-state index contributed by atoms with van der Waals surface area (Å²) in [4.78, 5) is 28.1. The second-order valence-electron chi connectivity index (χ2n) is 6.19. The molecule has 10 heteroatoms. The van der Waals surface area contributed by atoms with Gasteiger partial charge < -0.3 is 30.0 Å². The lowest BCUT2D eigenvalue weighted by molar-refractivity contribution is -0.119. The Morgan fingerprint density at radius 2 is 2.07 bits per heavy atom. The van der Waals surface area contributed by atoms with Gasteiger partial charge in [-0.2, -0.15) is 0 Å².